The van der Waals surface area contributed by atoms with Gasteiger partial charge in [0.05, 0.1) is 21.3 Å². The van der Waals surface area contributed by atoms with Crippen LogP contribution in [0.15, 0.2) is 36.4 Å². The lowest BCUT2D eigenvalue weighted by atomic mass is 10.1. The van der Waals surface area contributed by atoms with Gasteiger partial charge in [0.2, 0.25) is 17.6 Å². The zero-order chi connectivity index (χ0) is 21.0. The van der Waals surface area contributed by atoms with Gasteiger partial charge in [-0.05, 0) is 29.3 Å². The molecular weight excluding hydrogens is 372 g/mol. The van der Waals surface area contributed by atoms with Crippen molar-refractivity contribution in [1.82, 2.24) is 5.32 Å². The molecule has 0 fully saturated rings. The number of rotatable bonds is 7. The van der Waals surface area contributed by atoms with Gasteiger partial charge < -0.3 is 19.5 Å². The number of hydrogen-bond donors (Lipinski definition) is 1. The zero-order valence-electron chi connectivity index (χ0n) is 17.2. The Labute approximate surface area is 170 Å². The van der Waals surface area contributed by atoms with Crippen molar-refractivity contribution in [3.63, 3.8) is 0 Å². The highest BCUT2D eigenvalue weighted by molar-refractivity contribution is 6.03. The molecular formula is C22H26N2O5. The van der Waals surface area contributed by atoms with E-state index in [9.17, 15) is 9.59 Å². The van der Waals surface area contributed by atoms with E-state index in [2.05, 4.69) is 5.32 Å². The Morgan fingerprint density at radius 2 is 1.72 bits per heavy atom. The maximum absolute atomic E-state index is 13.0. The van der Waals surface area contributed by atoms with Gasteiger partial charge in [0.1, 0.15) is 6.04 Å². The molecule has 2 amide bonds. The van der Waals surface area contributed by atoms with Crippen LogP contribution in [0.1, 0.15) is 24.5 Å². The number of para-hydroxylation sites is 1. The van der Waals surface area contributed by atoms with Gasteiger partial charge in [-0.1, -0.05) is 25.1 Å². The maximum atomic E-state index is 13.0. The van der Waals surface area contributed by atoms with Crippen molar-refractivity contribution in [2.24, 2.45) is 0 Å². The van der Waals surface area contributed by atoms with Crippen LogP contribution in [-0.2, 0) is 22.6 Å². The first-order valence-electron chi connectivity index (χ1n) is 9.50. The van der Waals surface area contributed by atoms with Crippen LogP contribution in [0.4, 0.5) is 5.69 Å². The van der Waals surface area contributed by atoms with Crippen molar-refractivity contribution in [2.75, 3.05) is 26.2 Å². The molecule has 7 nitrogen and oxygen atoms in total. The maximum Gasteiger partial charge on any atom is 0.243 e. The van der Waals surface area contributed by atoms with Gasteiger partial charge in [0.15, 0.2) is 11.5 Å². The Bertz CT molecular complexity index is 887. The lowest BCUT2D eigenvalue weighted by Gasteiger charge is -2.24. The molecule has 0 aliphatic carbocycles. The molecule has 0 bridgehead atoms. The molecule has 1 N–H and O–H groups in total. The highest BCUT2D eigenvalue weighted by Gasteiger charge is 2.37. The molecule has 1 heterocycles. The summed E-state index contributed by atoms with van der Waals surface area (Å²) in [6, 6.07) is 10.7. The van der Waals surface area contributed by atoms with Crippen molar-refractivity contribution in [1.29, 1.82) is 0 Å². The standard InChI is InChI=1S/C22H26N2O5/c1-5-20(25)24-16-9-7-6-8-15(16)12-17(24)22(26)23-13-14-10-18(27-2)21(29-4)19(11-14)28-3/h6-11,17H,5,12-13H2,1-4H3,(H,23,26). The molecule has 1 aliphatic heterocycles. The number of anilines is 1. The van der Waals surface area contributed by atoms with Crippen LogP contribution in [-0.4, -0.2) is 39.2 Å². The summed E-state index contributed by atoms with van der Waals surface area (Å²) in [4.78, 5) is 27.1. The first-order valence-corrected chi connectivity index (χ1v) is 9.50. The van der Waals surface area contributed by atoms with E-state index < -0.39 is 6.04 Å². The van der Waals surface area contributed by atoms with Crippen molar-refractivity contribution < 1.29 is 23.8 Å². The number of hydrogen-bond acceptors (Lipinski definition) is 5. The van der Waals surface area contributed by atoms with Gasteiger partial charge in [-0.15, -0.1) is 0 Å². The quantitative estimate of drug-likeness (QED) is 0.776. The van der Waals surface area contributed by atoms with Crippen LogP contribution in [0.5, 0.6) is 17.2 Å². The molecule has 2 aromatic rings. The summed E-state index contributed by atoms with van der Waals surface area (Å²) in [5.74, 6) is 1.27. The number of ether oxygens (including phenoxy) is 3. The number of amides is 2. The Morgan fingerprint density at radius 1 is 1.07 bits per heavy atom. The first kappa shape index (κ1) is 20.5. The third-order valence-electron chi connectivity index (χ3n) is 5.04. The molecule has 0 radical (unpaired) electrons. The highest BCUT2D eigenvalue weighted by Crippen LogP contribution is 2.38. The lowest BCUT2D eigenvalue weighted by Crippen LogP contribution is -2.47. The van der Waals surface area contributed by atoms with Crippen molar-refractivity contribution in [3.8, 4) is 17.2 Å². The third kappa shape index (κ3) is 3.99. The van der Waals surface area contributed by atoms with Gasteiger partial charge in [0, 0.05) is 25.1 Å². The van der Waals surface area contributed by atoms with Crippen molar-refractivity contribution in [3.05, 3.63) is 47.5 Å². The molecule has 7 heteroatoms. The van der Waals surface area contributed by atoms with Gasteiger partial charge >= 0.3 is 0 Å². The van der Waals surface area contributed by atoms with Gasteiger partial charge in [-0.25, -0.2) is 0 Å². The summed E-state index contributed by atoms with van der Waals surface area (Å²) >= 11 is 0. The van der Waals surface area contributed by atoms with Crippen LogP contribution in [0, 0.1) is 0 Å². The summed E-state index contributed by atoms with van der Waals surface area (Å²) in [5, 5.41) is 2.94. The molecule has 1 atom stereocenters. The van der Waals surface area contributed by atoms with E-state index in [4.69, 9.17) is 14.2 Å². The first-order chi connectivity index (χ1) is 14.0. The smallest absolute Gasteiger partial charge is 0.243 e. The number of carbonyl (C=O) groups is 2. The minimum atomic E-state index is -0.554. The van der Waals surface area contributed by atoms with E-state index in [1.807, 2.05) is 24.3 Å². The summed E-state index contributed by atoms with van der Waals surface area (Å²) < 4.78 is 16.0. The molecule has 0 aromatic heterocycles. The molecule has 0 saturated carbocycles. The second-order valence-corrected chi connectivity index (χ2v) is 6.72. The molecule has 0 saturated heterocycles. The summed E-state index contributed by atoms with van der Waals surface area (Å²) in [7, 11) is 4.63. The normalized spacial score (nSPS) is 14.9. The van der Waals surface area contributed by atoms with E-state index in [0.717, 1.165) is 16.8 Å². The number of carbonyl (C=O) groups excluding carboxylic acids is 2. The second kappa shape index (κ2) is 8.86. The monoisotopic (exact) mass is 398 g/mol. The van der Waals surface area contributed by atoms with Gasteiger partial charge in [0.25, 0.3) is 0 Å². The predicted molar refractivity (Wildman–Crippen MR) is 110 cm³/mol. The van der Waals surface area contributed by atoms with Crippen LogP contribution in [0.2, 0.25) is 0 Å². The summed E-state index contributed by atoms with van der Waals surface area (Å²) in [6.45, 7) is 2.07. The number of methoxy groups -OCH3 is 3. The van der Waals surface area contributed by atoms with Crippen LogP contribution in [0.25, 0.3) is 0 Å². The number of nitrogens with one attached hydrogen (secondary N) is 1. The van der Waals surface area contributed by atoms with Crippen LogP contribution >= 0.6 is 0 Å². The van der Waals surface area contributed by atoms with E-state index in [1.165, 1.54) is 0 Å². The van der Waals surface area contributed by atoms with E-state index >= 15 is 0 Å². The number of benzene rings is 2. The minimum Gasteiger partial charge on any atom is -0.493 e. The van der Waals surface area contributed by atoms with Crippen molar-refractivity contribution in [2.45, 2.75) is 32.4 Å². The summed E-state index contributed by atoms with van der Waals surface area (Å²) in [6.07, 6.45) is 0.841. The second-order valence-electron chi connectivity index (χ2n) is 6.72. The average molecular weight is 398 g/mol. The molecule has 2 aromatic carbocycles. The van der Waals surface area contributed by atoms with Crippen LogP contribution in [0.3, 0.4) is 0 Å². The van der Waals surface area contributed by atoms with Gasteiger partial charge in [-0.3, -0.25) is 14.5 Å². The highest BCUT2D eigenvalue weighted by atomic mass is 16.5. The SMILES string of the molecule is CCC(=O)N1c2ccccc2CC1C(=O)NCc1cc(OC)c(OC)c(OC)c1. The lowest BCUT2D eigenvalue weighted by molar-refractivity contribution is -0.126. The molecule has 3 rings (SSSR count). The topological polar surface area (TPSA) is 77.1 Å². The Balaban J connectivity index is 1.78. The third-order valence-corrected chi connectivity index (χ3v) is 5.04. The number of fused-ring (bicyclic) bond motifs is 1. The average Bonchev–Trinajstić information content (AvgIpc) is 3.15. The fourth-order valence-corrected chi connectivity index (χ4v) is 3.62. The van der Waals surface area contributed by atoms with E-state index in [1.54, 1.807) is 45.3 Å². The molecule has 0 spiro atoms. The fraction of sp³-hybridized carbons (Fsp3) is 0.364. The predicted octanol–water partition coefficient (Wildman–Crippen LogP) is 2.70. The Morgan fingerprint density at radius 3 is 2.31 bits per heavy atom. The molecule has 1 unspecified atom stereocenters. The molecule has 154 valence electrons. The number of nitrogens with zero attached hydrogens (tertiary/aromatic N) is 1. The largest absolute Gasteiger partial charge is 0.493 e. The zero-order valence-corrected chi connectivity index (χ0v) is 17.2. The summed E-state index contributed by atoms with van der Waals surface area (Å²) in [5.41, 5.74) is 2.62. The molecule has 29 heavy (non-hydrogen) atoms. The van der Waals surface area contributed by atoms with Gasteiger partial charge in [-0.2, -0.15) is 0 Å². The minimum absolute atomic E-state index is 0.0668. The fourth-order valence-electron chi connectivity index (χ4n) is 3.62. The van der Waals surface area contributed by atoms with E-state index in [-0.39, 0.29) is 18.4 Å². The van der Waals surface area contributed by atoms with Crippen molar-refractivity contribution >= 4 is 17.5 Å². The molecule has 1 aliphatic rings. The van der Waals surface area contributed by atoms with Crippen LogP contribution < -0.4 is 24.4 Å². The Hall–Kier alpha value is -3.22. The Kier molecular flexibility index (Phi) is 6.26. The van der Waals surface area contributed by atoms with E-state index in [0.29, 0.717) is 30.1 Å².